The second-order valence-corrected chi connectivity index (χ2v) is 10.1. The Morgan fingerprint density at radius 2 is 1.47 bits per heavy atom. The van der Waals surface area contributed by atoms with Gasteiger partial charge in [0, 0.05) is 0 Å². The minimum Gasteiger partial charge on any atom is -0.0909 e. The van der Waals surface area contributed by atoms with Crippen LogP contribution in [0, 0.1) is 0 Å². The highest BCUT2D eigenvalue weighted by Gasteiger charge is 2.35. The van der Waals surface area contributed by atoms with Gasteiger partial charge in [-0.25, -0.2) is 0 Å². The number of rotatable bonds is 4. The second-order valence-electron chi connectivity index (χ2n) is 6.41. The lowest BCUT2D eigenvalue weighted by molar-refractivity contribution is 0.634. The average Bonchev–Trinajstić information content (AvgIpc) is 2.25. The van der Waals surface area contributed by atoms with Crippen LogP contribution in [0.3, 0.4) is 0 Å². The van der Waals surface area contributed by atoms with E-state index in [2.05, 4.69) is 71.9 Å². The van der Waals surface area contributed by atoms with Crippen LogP contribution in [0.5, 0.6) is 0 Å². The molecule has 0 heterocycles. The Kier molecular flexibility index (Phi) is 4.78. The standard InChI is InChI=1S/C16H27P/c1-7-16(5,6)17(15(2,3)4)13-14-11-9-8-10-12-14/h8-12H,7,13H2,1-6H3. The highest BCUT2D eigenvalue weighted by molar-refractivity contribution is 7.60. The molecule has 0 saturated heterocycles. The van der Waals surface area contributed by atoms with E-state index < -0.39 is 0 Å². The molecule has 0 amide bonds. The SMILES string of the molecule is CCC(C)(C)P(Cc1ccccc1)C(C)(C)C. The van der Waals surface area contributed by atoms with E-state index in [1.54, 1.807) is 0 Å². The molecule has 0 bridgehead atoms. The molecule has 1 aromatic rings. The molecule has 0 aromatic heterocycles. The van der Waals surface area contributed by atoms with Crippen LogP contribution in [0.25, 0.3) is 0 Å². The van der Waals surface area contributed by atoms with Crippen LogP contribution in [0.1, 0.15) is 53.5 Å². The Labute approximate surface area is 109 Å². The Hall–Kier alpha value is -0.350. The van der Waals surface area contributed by atoms with Gasteiger partial charge in [-0.05, 0) is 28.5 Å². The molecule has 96 valence electrons. The van der Waals surface area contributed by atoms with Gasteiger partial charge < -0.3 is 0 Å². The van der Waals surface area contributed by atoms with Crippen LogP contribution >= 0.6 is 7.92 Å². The van der Waals surface area contributed by atoms with Crippen molar-refractivity contribution >= 4 is 7.92 Å². The molecule has 17 heavy (non-hydrogen) atoms. The minimum atomic E-state index is -0.0213. The first-order valence-electron chi connectivity index (χ1n) is 6.59. The molecule has 0 spiro atoms. The van der Waals surface area contributed by atoms with Crippen LogP contribution in [0.4, 0.5) is 0 Å². The number of hydrogen-bond donors (Lipinski definition) is 0. The fourth-order valence-electron chi connectivity index (χ4n) is 2.32. The van der Waals surface area contributed by atoms with Crippen molar-refractivity contribution < 1.29 is 0 Å². The van der Waals surface area contributed by atoms with E-state index in [-0.39, 0.29) is 7.92 Å². The van der Waals surface area contributed by atoms with Gasteiger partial charge in [0.2, 0.25) is 0 Å². The quantitative estimate of drug-likeness (QED) is 0.605. The highest BCUT2D eigenvalue weighted by Crippen LogP contribution is 2.62. The Morgan fingerprint density at radius 3 is 1.88 bits per heavy atom. The zero-order chi connectivity index (χ0) is 13.1. The third kappa shape index (κ3) is 4.11. The van der Waals surface area contributed by atoms with Crippen molar-refractivity contribution in [2.24, 2.45) is 0 Å². The summed E-state index contributed by atoms with van der Waals surface area (Å²) in [6.45, 7) is 14.4. The van der Waals surface area contributed by atoms with Crippen molar-refractivity contribution in [3.05, 3.63) is 35.9 Å². The molecule has 1 heteroatoms. The van der Waals surface area contributed by atoms with Crippen molar-refractivity contribution in [1.82, 2.24) is 0 Å². The molecule has 1 rings (SSSR count). The second kappa shape index (κ2) is 5.53. The summed E-state index contributed by atoms with van der Waals surface area (Å²) in [6.07, 6.45) is 2.52. The molecule has 1 atom stereocenters. The summed E-state index contributed by atoms with van der Waals surface area (Å²) >= 11 is 0. The maximum absolute atomic E-state index is 2.44. The predicted octanol–water partition coefficient (Wildman–Crippen LogP) is 5.66. The average molecular weight is 250 g/mol. The fourth-order valence-corrected chi connectivity index (χ4v) is 5.99. The molecule has 0 nitrogen and oxygen atoms in total. The molecule has 1 unspecified atom stereocenters. The molecule has 0 aliphatic rings. The monoisotopic (exact) mass is 250 g/mol. The van der Waals surface area contributed by atoms with Crippen LogP contribution < -0.4 is 0 Å². The molecular weight excluding hydrogens is 223 g/mol. The molecule has 0 aliphatic carbocycles. The predicted molar refractivity (Wildman–Crippen MR) is 81.2 cm³/mol. The van der Waals surface area contributed by atoms with Gasteiger partial charge in [0.05, 0.1) is 0 Å². The van der Waals surface area contributed by atoms with Gasteiger partial charge in [0.25, 0.3) is 0 Å². The van der Waals surface area contributed by atoms with Gasteiger partial charge in [0.15, 0.2) is 0 Å². The summed E-state index contributed by atoms with van der Waals surface area (Å²) in [5.41, 5.74) is 1.50. The maximum Gasteiger partial charge on any atom is -0.00636 e. The van der Waals surface area contributed by atoms with Crippen molar-refractivity contribution in [3.8, 4) is 0 Å². The summed E-state index contributed by atoms with van der Waals surface area (Å²) in [5.74, 6) is 0. The summed E-state index contributed by atoms with van der Waals surface area (Å²) in [7, 11) is -0.0213. The van der Waals surface area contributed by atoms with Crippen LogP contribution in [0.2, 0.25) is 0 Å². The minimum absolute atomic E-state index is 0.0213. The molecule has 0 radical (unpaired) electrons. The third-order valence-electron chi connectivity index (χ3n) is 3.59. The van der Waals surface area contributed by atoms with Gasteiger partial charge in [-0.15, -0.1) is 0 Å². The Morgan fingerprint density at radius 1 is 0.941 bits per heavy atom. The maximum atomic E-state index is 2.44. The lowest BCUT2D eigenvalue weighted by atomic mass is 10.1. The number of hydrogen-bond acceptors (Lipinski definition) is 0. The lowest BCUT2D eigenvalue weighted by Gasteiger charge is -2.43. The third-order valence-corrected chi connectivity index (χ3v) is 7.67. The van der Waals surface area contributed by atoms with Crippen molar-refractivity contribution in [3.63, 3.8) is 0 Å². The summed E-state index contributed by atoms with van der Waals surface area (Å²) < 4.78 is 0. The zero-order valence-corrected chi connectivity index (χ0v) is 13.1. The van der Waals surface area contributed by atoms with E-state index in [1.807, 2.05) is 0 Å². The smallest absolute Gasteiger partial charge is 0.00636 e. The summed E-state index contributed by atoms with van der Waals surface area (Å²) in [5, 5.41) is 0.883. The van der Waals surface area contributed by atoms with Gasteiger partial charge in [0.1, 0.15) is 0 Å². The normalized spacial score (nSPS) is 14.7. The van der Waals surface area contributed by atoms with E-state index in [1.165, 1.54) is 18.1 Å². The van der Waals surface area contributed by atoms with Gasteiger partial charge in [-0.3, -0.25) is 0 Å². The first kappa shape index (κ1) is 14.7. The van der Waals surface area contributed by atoms with Gasteiger partial charge >= 0.3 is 0 Å². The van der Waals surface area contributed by atoms with Gasteiger partial charge in [-0.1, -0.05) is 79.8 Å². The Balaban J connectivity index is 2.94. The molecule has 0 N–H and O–H groups in total. The van der Waals surface area contributed by atoms with Crippen molar-refractivity contribution in [2.75, 3.05) is 0 Å². The summed E-state index contributed by atoms with van der Waals surface area (Å²) in [4.78, 5) is 0. The van der Waals surface area contributed by atoms with E-state index in [4.69, 9.17) is 0 Å². The van der Waals surface area contributed by atoms with Crippen molar-refractivity contribution in [1.29, 1.82) is 0 Å². The lowest BCUT2D eigenvalue weighted by Crippen LogP contribution is -2.28. The van der Waals surface area contributed by atoms with Crippen LogP contribution in [-0.4, -0.2) is 10.3 Å². The zero-order valence-electron chi connectivity index (χ0n) is 12.2. The first-order chi connectivity index (χ1) is 7.77. The Bertz CT molecular complexity index is 332. The van der Waals surface area contributed by atoms with Crippen LogP contribution in [-0.2, 0) is 6.16 Å². The fraction of sp³-hybridized carbons (Fsp3) is 0.625. The number of benzene rings is 1. The van der Waals surface area contributed by atoms with Crippen LogP contribution in [0.15, 0.2) is 30.3 Å². The first-order valence-corrected chi connectivity index (χ1v) is 8.12. The molecule has 0 aliphatic heterocycles. The van der Waals surface area contributed by atoms with Gasteiger partial charge in [-0.2, -0.15) is 0 Å². The molecule has 0 saturated carbocycles. The van der Waals surface area contributed by atoms with E-state index in [9.17, 15) is 0 Å². The molecule has 1 aromatic carbocycles. The van der Waals surface area contributed by atoms with E-state index >= 15 is 0 Å². The summed E-state index contributed by atoms with van der Waals surface area (Å²) in [6, 6.07) is 11.0. The highest BCUT2D eigenvalue weighted by atomic mass is 31.1. The van der Waals surface area contributed by atoms with Crippen molar-refractivity contribution in [2.45, 2.75) is 64.4 Å². The molecular formula is C16H27P. The largest absolute Gasteiger partial charge is 0.0909 e. The van der Waals surface area contributed by atoms with E-state index in [0.29, 0.717) is 10.3 Å². The van der Waals surface area contributed by atoms with E-state index in [0.717, 1.165) is 0 Å². The topological polar surface area (TPSA) is 0 Å². The molecule has 0 fully saturated rings.